The lowest BCUT2D eigenvalue weighted by molar-refractivity contribution is 0.558. The van der Waals surface area contributed by atoms with Gasteiger partial charge in [0.2, 0.25) is 0 Å². The van der Waals surface area contributed by atoms with Gasteiger partial charge in [-0.25, -0.2) is 8.78 Å². The first kappa shape index (κ1) is 13.6. The SMILES string of the molecule is Cc1cc(F)c(C(=N)N)c(F)c1S.I. The fourth-order valence-electron chi connectivity index (χ4n) is 0.974. The number of rotatable bonds is 1. The Balaban J connectivity index is 0.00000169. The molecule has 0 fully saturated rings. The van der Waals surface area contributed by atoms with Crippen LogP contribution in [0.15, 0.2) is 11.0 Å². The molecule has 6 heteroatoms. The second-order valence-electron chi connectivity index (χ2n) is 2.63. The van der Waals surface area contributed by atoms with Gasteiger partial charge in [-0.15, -0.1) is 36.6 Å². The van der Waals surface area contributed by atoms with E-state index in [0.29, 0.717) is 5.56 Å². The molecular formula is C8H9F2IN2S. The molecule has 1 rings (SSSR count). The van der Waals surface area contributed by atoms with E-state index in [1.54, 1.807) is 0 Å². The first-order chi connectivity index (χ1) is 5.95. The monoisotopic (exact) mass is 330 g/mol. The van der Waals surface area contributed by atoms with E-state index in [4.69, 9.17) is 11.1 Å². The second kappa shape index (κ2) is 4.92. The van der Waals surface area contributed by atoms with Crippen LogP contribution < -0.4 is 5.73 Å². The number of hydrogen-bond acceptors (Lipinski definition) is 2. The summed E-state index contributed by atoms with van der Waals surface area (Å²) in [5, 5.41) is 6.95. The van der Waals surface area contributed by atoms with Gasteiger partial charge >= 0.3 is 0 Å². The van der Waals surface area contributed by atoms with Gasteiger partial charge in [0.15, 0.2) is 5.82 Å². The van der Waals surface area contributed by atoms with Gasteiger partial charge in [0.1, 0.15) is 11.7 Å². The molecule has 1 aromatic rings. The number of nitrogens with one attached hydrogen (secondary N) is 1. The number of nitrogen functional groups attached to an aromatic ring is 1. The van der Waals surface area contributed by atoms with Gasteiger partial charge in [-0.3, -0.25) is 5.41 Å². The van der Waals surface area contributed by atoms with E-state index < -0.39 is 23.0 Å². The standard InChI is InChI=1S/C8H8F2N2S.HI/c1-3-2-4(9)5(8(11)12)6(10)7(3)13;/h2,13H,1H3,(H3,11,12);1H. The molecule has 0 heterocycles. The van der Waals surface area contributed by atoms with Crippen LogP contribution >= 0.6 is 36.6 Å². The highest BCUT2D eigenvalue weighted by molar-refractivity contribution is 14.0. The van der Waals surface area contributed by atoms with Crippen LogP contribution in [0.5, 0.6) is 0 Å². The van der Waals surface area contributed by atoms with Gasteiger partial charge in [-0.2, -0.15) is 0 Å². The number of hydrogen-bond donors (Lipinski definition) is 3. The Morgan fingerprint density at radius 1 is 1.50 bits per heavy atom. The van der Waals surface area contributed by atoms with Crippen molar-refractivity contribution >= 4 is 42.4 Å². The summed E-state index contributed by atoms with van der Waals surface area (Å²) >= 11 is 3.83. The average Bonchev–Trinajstić information content (AvgIpc) is 1.99. The molecule has 0 bridgehead atoms. The van der Waals surface area contributed by atoms with Crippen molar-refractivity contribution in [2.24, 2.45) is 5.73 Å². The summed E-state index contributed by atoms with van der Waals surface area (Å²) in [6.45, 7) is 1.53. The predicted molar refractivity (Wildman–Crippen MR) is 64.8 cm³/mol. The number of thiol groups is 1. The van der Waals surface area contributed by atoms with E-state index in [1.807, 2.05) is 0 Å². The largest absolute Gasteiger partial charge is 0.384 e. The van der Waals surface area contributed by atoms with Gasteiger partial charge in [0, 0.05) is 4.90 Å². The van der Waals surface area contributed by atoms with Gasteiger partial charge < -0.3 is 5.73 Å². The highest BCUT2D eigenvalue weighted by atomic mass is 127. The molecule has 2 nitrogen and oxygen atoms in total. The summed E-state index contributed by atoms with van der Waals surface area (Å²) in [6, 6.07) is 1.10. The molecule has 0 saturated carbocycles. The van der Waals surface area contributed by atoms with Crippen LogP contribution in [-0.2, 0) is 0 Å². The highest BCUT2D eigenvalue weighted by Crippen LogP contribution is 2.23. The first-order valence-electron chi connectivity index (χ1n) is 3.47. The third kappa shape index (κ3) is 2.35. The Morgan fingerprint density at radius 2 is 2.00 bits per heavy atom. The predicted octanol–water partition coefficient (Wildman–Crippen LogP) is 2.46. The molecule has 0 spiro atoms. The maximum Gasteiger partial charge on any atom is 0.150 e. The zero-order valence-corrected chi connectivity index (χ0v) is 10.5. The molecule has 0 amide bonds. The molecule has 0 aliphatic heterocycles. The zero-order valence-electron chi connectivity index (χ0n) is 7.27. The van der Waals surface area contributed by atoms with Crippen LogP contribution in [0.3, 0.4) is 0 Å². The van der Waals surface area contributed by atoms with E-state index in [2.05, 4.69) is 12.6 Å². The topological polar surface area (TPSA) is 49.9 Å². The van der Waals surface area contributed by atoms with Crippen molar-refractivity contribution in [3.8, 4) is 0 Å². The van der Waals surface area contributed by atoms with Gasteiger partial charge in [-0.1, -0.05) is 0 Å². The van der Waals surface area contributed by atoms with E-state index in [0.717, 1.165) is 6.07 Å². The summed E-state index contributed by atoms with van der Waals surface area (Å²) in [6.07, 6.45) is 0. The van der Waals surface area contributed by atoms with Crippen LogP contribution in [0.1, 0.15) is 11.1 Å². The molecule has 0 unspecified atom stereocenters. The number of benzene rings is 1. The zero-order chi connectivity index (χ0) is 10.2. The Morgan fingerprint density at radius 3 is 2.43 bits per heavy atom. The molecule has 0 aromatic heterocycles. The van der Waals surface area contributed by atoms with Crippen molar-refractivity contribution in [2.45, 2.75) is 11.8 Å². The van der Waals surface area contributed by atoms with Crippen molar-refractivity contribution in [2.75, 3.05) is 0 Å². The van der Waals surface area contributed by atoms with Gasteiger partial charge in [-0.05, 0) is 18.6 Å². The Labute approximate surface area is 103 Å². The smallest absolute Gasteiger partial charge is 0.150 e. The van der Waals surface area contributed by atoms with Crippen LogP contribution in [0, 0.1) is 24.0 Å². The molecule has 0 saturated heterocycles. The highest BCUT2D eigenvalue weighted by Gasteiger charge is 2.16. The Hall–Kier alpha value is -0.370. The van der Waals surface area contributed by atoms with E-state index in [-0.39, 0.29) is 28.9 Å². The van der Waals surface area contributed by atoms with E-state index in [9.17, 15) is 8.78 Å². The summed E-state index contributed by atoms with van der Waals surface area (Å²) in [4.78, 5) is 0.0200. The van der Waals surface area contributed by atoms with E-state index in [1.165, 1.54) is 6.92 Å². The lowest BCUT2D eigenvalue weighted by atomic mass is 10.1. The first-order valence-corrected chi connectivity index (χ1v) is 3.91. The van der Waals surface area contributed by atoms with Crippen molar-refractivity contribution in [1.29, 1.82) is 5.41 Å². The maximum atomic E-state index is 13.2. The lowest BCUT2D eigenvalue weighted by Gasteiger charge is -2.07. The number of nitrogens with two attached hydrogens (primary N) is 1. The number of amidine groups is 1. The van der Waals surface area contributed by atoms with Crippen molar-refractivity contribution in [3.05, 3.63) is 28.8 Å². The fraction of sp³-hybridized carbons (Fsp3) is 0.125. The summed E-state index contributed by atoms with van der Waals surface area (Å²) in [7, 11) is 0. The average molecular weight is 330 g/mol. The second-order valence-corrected chi connectivity index (χ2v) is 3.07. The summed E-state index contributed by atoms with van der Waals surface area (Å²) in [5.41, 5.74) is 4.86. The molecule has 3 N–H and O–H groups in total. The minimum absolute atomic E-state index is 0. The number of aryl methyl sites for hydroxylation is 1. The molecule has 78 valence electrons. The molecule has 1 aromatic carbocycles. The Bertz CT molecular complexity index is 382. The molecule has 14 heavy (non-hydrogen) atoms. The van der Waals surface area contributed by atoms with Crippen LogP contribution in [0.4, 0.5) is 8.78 Å². The molecule has 0 radical (unpaired) electrons. The maximum absolute atomic E-state index is 13.2. The molecule has 0 aliphatic carbocycles. The normalized spacial score (nSPS) is 9.43. The van der Waals surface area contributed by atoms with Gasteiger partial charge in [0.25, 0.3) is 0 Å². The van der Waals surface area contributed by atoms with Gasteiger partial charge in [0.05, 0.1) is 5.56 Å². The third-order valence-electron chi connectivity index (χ3n) is 1.65. The summed E-state index contributed by atoms with van der Waals surface area (Å²) in [5.74, 6) is -2.35. The fourth-order valence-corrected chi connectivity index (χ4v) is 1.15. The third-order valence-corrected chi connectivity index (χ3v) is 2.20. The van der Waals surface area contributed by atoms with Crippen molar-refractivity contribution in [3.63, 3.8) is 0 Å². The lowest BCUT2D eigenvalue weighted by Crippen LogP contribution is -2.16. The van der Waals surface area contributed by atoms with E-state index >= 15 is 0 Å². The molecular weight excluding hydrogens is 321 g/mol. The van der Waals surface area contributed by atoms with Crippen molar-refractivity contribution < 1.29 is 8.78 Å². The quantitative estimate of drug-likeness (QED) is 0.315. The molecule has 0 atom stereocenters. The molecule has 0 aliphatic rings. The minimum atomic E-state index is -0.881. The number of halogens is 3. The summed E-state index contributed by atoms with van der Waals surface area (Å²) < 4.78 is 26.3. The Kier molecular flexibility index (Phi) is 4.79. The minimum Gasteiger partial charge on any atom is -0.384 e. The van der Waals surface area contributed by atoms with Crippen LogP contribution in [0.25, 0.3) is 0 Å². The van der Waals surface area contributed by atoms with Crippen LogP contribution in [0.2, 0.25) is 0 Å². The van der Waals surface area contributed by atoms with Crippen molar-refractivity contribution in [1.82, 2.24) is 0 Å². The van der Waals surface area contributed by atoms with Crippen LogP contribution in [-0.4, -0.2) is 5.84 Å².